The molecule has 1 aliphatic rings. The smallest absolute Gasteiger partial charge is 0.0990 e. The molecule has 0 amide bonds. The molecule has 0 bridgehead atoms. The van der Waals surface area contributed by atoms with Gasteiger partial charge in [0.2, 0.25) is 0 Å². The Morgan fingerprint density at radius 2 is 2.50 bits per heavy atom. The van der Waals surface area contributed by atoms with E-state index in [0.29, 0.717) is 5.92 Å². The fourth-order valence-electron chi connectivity index (χ4n) is 2.03. The van der Waals surface area contributed by atoms with Crippen molar-refractivity contribution in [1.29, 1.82) is 0 Å². The van der Waals surface area contributed by atoms with Crippen LogP contribution < -0.4 is 0 Å². The monoisotopic (exact) mass is 182 g/mol. The van der Waals surface area contributed by atoms with Gasteiger partial charge in [-0.2, -0.15) is 0 Å². The molecule has 2 rings (SSSR count). The Morgan fingerprint density at radius 3 is 3.00 bits per heavy atom. The molecule has 0 spiro atoms. The average Bonchev–Trinajstić information content (AvgIpc) is 2.59. The molecule has 1 nitrogen and oxygen atoms in total. The van der Waals surface area contributed by atoms with Crippen molar-refractivity contribution in [2.45, 2.75) is 31.8 Å². The first-order valence-corrected chi connectivity index (χ1v) is 5.35. The number of thiophene rings is 1. The summed E-state index contributed by atoms with van der Waals surface area (Å²) in [4.78, 5) is 1.15. The van der Waals surface area contributed by atoms with Crippen molar-refractivity contribution < 1.29 is 5.11 Å². The summed E-state index contributed by atoms with van der Waals surface area (Å²) in [6.07, 6.45) is 3.04. The molecule has 0 aliphatic heterocycles. The van der Waals surface area contributed by atoms with Crippen LogP contribution in [-0.2, 0) is 5.60 Å². The van der Waals surface area contributed by atoms with E-state index in [2.05, 4.69) is 6.92 Å². The third-order valence-electron chi connectivity index (χ3n) is 2.72. The predicted octanol–water partition coefficient (Wildman–Crippen LogP) is 2.76. The number of aliphatic hydroxyl groups is 1. The van der Waals surface area contributed by atoms with Crippen LogP contribution in [0.2, 0.25) is 0 Å². The van der Waals surface area contributed by atoms with Crippen LogP contribution in [0.15, 0.2) is 17.5 Å². The van der Waals surface area contributed by atoms with Gasteiger partial charge < -0.3 is 5.11 Å². The molecule has 1 saturated carbocycles. The zero-order valence-electron chi connectivity index (χ0n) is 7.29. The lowest BCUT2D eigenvalue weighted by atomic mass is 9.99. The van der Waals surface area contributed by atoms with Crippen molar-refractivity contribution in [1.82, 2.24) is 0 Å². The van der Waals surface area contributed by atoms with Crippen LogP contribution in [0, 0.1) is 5.92 Å². The lowest BCUT2D eigenvalue weighted by Crippen LogP contribution is -2.19. The van der Waals surface area contributed by atoms with Crippen molar-refractivity contribution in [3.05, 3.63) is 22.4 Å². The van der Waals surface area contributed by atoms with E-state index in [1.807, 2.05) is 17.5 Å². The average molecular weight is 182 g/mol. The van der Waals surface area contributed by atoms with E-state index in [9.17, 15) is 5.11 Å². The second-order valence-corrected chi connectivity index (χ2v) is 4.80. The summed E-state index contributed by atoms with van der Waals surface area (Å²) in [5, 5.41) is 12.3. The standard InChI is InChI=1S/C10H14OS/c1-8-4-5-10(11,7-8)9-3-2-6-12-9/h2-3,6,8,11H,4-5,7H2,1H3. The molecule has 1 aromatic heterocycles. The molecule has 1 aliphatic carbocycles. The van der Waals surface area contributed by atoms with Crippen molar-refractivity contribution in [2.24, 2.45) is 5.92 Å². The van der Waals surface area contributed by atoms with Crippen LogP contribution in [0.5, 0.6) is 0 Å². The maximum Gasteiger partial charge on any atom is 0.0990 e. The molecule has 0 saturated heterocycles. The number of rotatable bonds is 1. The van der Waals surface area contributed by atoms with Gasteiger partial charge in [0.25, 0.3) is 0 Å². The van der Waals surface area contributed by atoms with Crippen molar-refractivity contribution in [3.8, 4) is 0 Å². The van der Waals surface area contributed by atoms with Crippen LogP contribution >= 0.6 is 11.3 Å². The van der Waals surface area contributed by atoms with E-state index in [4.69, 9.17) is 0 Å². The van der Waals surface area contributed by atoms with E-state index in [1.165, 1.54) is 0 Å². The van der Waals surface area contributed by atoms with Gasteiger partial charge in [-0.05, 0) is 36.6 Å². The molecule has 0 radical (unpaired) electrons. The summed E-state index contributed by atoms with van der Waals surface area (Å²) >= 11 is 1.67. The van der Waals surface area contributed by atoms with Crippen LogP contribution in [0.1, 0.15) is 31.1 Å². The zero-order chi connectivity index (χ0) is 8.60. The molecule has 2 heteroatoms. The Kier molecular flexibility index (Phi) is 1.97. The third-order valence-corrected chi connectivity index (χ3v) is 3.78. The lowest BCUT2D eigenvalue weighted by molar-refractivity contribution is 0.0446. The quantitative estimate of drug-likeness (QED) is 0.708. The first kappa shape index (κ1) is 8.27. The molecule has 1 aromatic rings. The second-order valence-electron chi connectivity index (χ2n) is 3.86. The molecule has 0 aromatic carbocycles. The molecule has 2 unspecified atom stereocenters. The first-order chi connectivity index (χ1) is 5.71. The molecule has 12 heavy (non-hydrogen) atoms. The summed E-state index contributed by atoms with van der Waals surface area (Å²) in [5.41, 5.74) is -0.492. The van der Waals surface area contributed by atoms with Crippen LogP contribution in [0.4, 0.5) is 0 Å². The Morgan fingerprint density at radius 1 is 1.67 bits per heavy atom. The maximum atomic E-state index is 10.2. The van der Waals surface area contributed by atoms with Gasteiger partial charge in [-0.3, -0.25) is 0 Å². The summed E-state index contributed by atoms with van der Waals surface area (Å²) < 4.78 is 0. The normalized spacial score (nSPS) is 35.7. The van der Waals surface area contributed by atoms with Gasteiger partial charge in [0.05, 0.1) is 5.60 Å². The minimum Gasteiger partial charge on any atom is -0.384 e. The van der Waals surface area contributed by atoms with Crippen LogP contribution in [-0.4, -0.2) is 5.11 Å². The molecule has 1 heterocycles. The van der Waals surface area contributed by atoms with Crippen molar-refractivity contribution >= 4 is 11.3 Å². The predicted molar refractivity (Wildman–Crippen MR) is 51.2 cm³/mol. The topological polar surface area (TPSA) is 20.2 Å². The second kappa shape index (κ2) is 2.86. The van der Waals surface area contributed by atoms with Crippen LogP contribution in [0.3, 0.4) is 0 Å². The Hall–Kier alpha value is -0.340. The Labute approximate surface area is 77.0 Å². The highest BCUT2D eigenvalue weighted by molar-refractivity contribution is 7.10. The summed E-state index contributed by atoms with van der Waals surface area (Å²) in [6.45, 7) is 2.21. The summed E-state index contributed by atoms with van der Waals surface area (Å²) in [7, 11) is 0. The number of hydrogen-bond acceptors (Lipinski definition) is 2. The summed E-state index contributed by atoms with van der Waals surface area (Å²) in [6, 6.07) is 4.06. The van der Waals surface area contributed by atoms with Gasteiger partial charge in [0.15, 0.2) is 0 Å². The molecule has 66 valence electrons. The fraction of sp³-hybridized carbons (Fsp3) is 0.600. The SMILES string of the molecule is CC1CCC(O)(c2cccs2)C1. The maximum absolute atomic E-state index is 10.2. The first-order valence-electron chi connectivity index (χ1n) is 4.47. The van der Waals surface area contributed by atoms with Gasteiger partial charge in [-0.1, -0.05) is 13.0 Å². The van der Waals surface area contributed by atoms with Crippen LogP contribution in [0.25, 0.3) is 0 Å². The lowest BCUT2D eigenvalue weighted by Gasteiger charge is -2.20. The van der Waals surface area contributed by atoms with Gasteiger partial charge in [-0.15, -0.1) is 11.3 Å². The van der Waals surface area contributed by atoms with Gasteiger partial charge in [0.1, 0.15) is 0 Å². The molecule has 1 fully saturated rings. The largest absolute Gasteiger partial charge is 0.384 e. The third kappa shape index (κ3) is 1.29. The van der Waals surface area contributed by atoms with Crippen molar-refractivity contribution in [3.63, 3.8) is 0 Å². The van der Waals surface area contributed by atoms with E-state index >= 15 is 0 Å². The molecular formula is C10H14OS. The van der Waals surface area contributed by atoms with Gasteiger partial charge in [-0.25, -0.2) is 0 Å². The zero-order valence-corrected chi connectivity index (χ0v) is 8.10. The molecular weight excluding hydrogens is 168 g/mol. The highest BCUT2D eigenvalue weighted by Crippen LogP contribution is 2.43. The summed E-state index contributed by atoms with van der Waals surface area (Å²) in [5.74, 6) is 0.678. The minimum atomic E-state index is -0.492. The molecule has 2 atom stereocenters. The Balaban J connectivity index is 2.23. The van der Waals surface area contributed by atoms with Gasteiger partial charge in [0, 0.05) is 4.88 Å². The highest BCUT2D eigenvalue weighted by Gasteiger charge is 2.37. The van der Waals surface area contributed by atoms with E-state index < -0.39 is 5.60 Å². The van der Waals surface area contributed by atoms with E-state index in [0.717, 1.165) is 24.1 Å². The highest BCUT2D eigenvalue weighted by atomic mass is 32.1. The van der Waals surface area contributed by atoms with Gasteiger partial charge >= 0.3 is 0 Å². The molecule has 1 N–H and O–H groups in total. The number of hydrogen-bond donors (Lipinski definition) is 1. The fourth-order valence-corrected chi connectivity index (χ4v) is 2.90. The Bertz CT molecular complexity index is 255. The minimum absolute atomic E-state index is 0.492. The van der Waals surface area contributed by atoms with E-state index in [-0.39, 0.29) is 0 Å². The van der Waals surface area contributed by atoms with Crippen molar-refractivity contribution in [2.75, 3.05) is 0 Å². The van der Waals surface area contributed by atoms with E-state index in [1.54, 1.807) is 11.3 Å².